The summed E-state index contributed by atoms with van der Waals surface area (Å²) in [6, 6.07) is 0.298. The minimum Gasteiger partial charge on any atom is -0.305 e. The first-order chi connectivity index (χ1) is 10.3. The number of nitrogens with zero attached hydrogens (tertiary/aromatic N) is 2. The topological polar surface area (TPSA) is 50.7 Å². The third kappa shape index (κ3) is 17.3. The van der Waals surface area contributed by atoms with Gasteiger partial charge in [0.1, 0.15) is 0 Å². The fraction of sp³-hybridized carbons (Fsp3) is 1.00. The molecule has 0 rings (SSSR count). The lowest BCUT2D eigenvalue weighted by Crippen LogP contribution is -1.97. The maximum Gasteiger partial charge on any atom is 0.0701 e. The number of hydrogen-bond donors (Lipinski definition) is 1. The Labute approximate surface area is 133 Å². The second-order valence-corrected chi connectivity index (χ2v) is 6.46. The Balaban J connectivity index is 3.02. The normalized spacial score (nSPS) is 13.0. The van der Waals surface area contributed by atoms with Crippen LogP contribution in [0.3, 0.4) is 0 Å². The van der Waals surface area contributed by atoms with Gasteiger partial charge in [0, 0.05) is 0 Å². The standard InChI is InChI=1S/C18H39N3/c1-3-4-5-6-7-8-9-10-11-12-13-14-15-16-17-18(2)20-21-19/h18H,3-17H2,1-2H3,(H2,19,20). The van der Waals surface area contributed by atoms with E-state index in [0.29, 0.717) is 6.04 Å². The molecule has 0 radical (unpaired) electrons. The maximum absolute atomic E-state index is 5.04. The summed E-state index contributed by atoms with van der Waals surface area (Å²) < 4.78 is 0. The molecule has 0 bridgehead atoms. The van der Waals surface area contributed by atoms with E-state index in [2.05, 4.69) is 24.2 Å². The molecule has 21 heavy (non-hydrogen) atoms. The maximum atomic E-state index is 5.04. The summed E-state index contributed by atoms with van der Waals surface area (Å²) in [4.78, 5) is 0. The molecule has 0 aliphatic heterocycles. The van der Waals surface area contributed by atoms with Crippen LogP contribution in [0.1, 0.15) is 110 Å². The van der Waals surface area contributed by atoms with Gasteiger partial charge in [-0.1, -0.05) is 102 Å². The minimum atomic E-state index is 0.298. The predicted molar refractivity (Wildman–Crippen MR) is 93.4 cm³/mol. The molecular weight excluding hydrogens is 258 g/mol. The third-order valence-electron chi connectivity index (χ3n) is 4.24. The smallest absolute Gasteiger partial charge is 0.0701 e. The van der Waals surface area contributed by atoms with Gasteiger partial charge in [-0.3, -0.25) is 0 Å². The third-order valence-corrected chi connectivity index (χ3v) is 4.24. The molecule has 3 heteroatoms. The quantitative estimate of drug-likeness (QED) is 0.149. The van der Waals surface area contributed by atoms with Crippen molar-refractivity contribution < 1.29 is 0 Å². The van der Waals surface area contributed by atoms with Crippen molar-refractivity contribution in [2.24, 2.45) is 16.2 Å². The zero-order valence-electron chi connectivity index (χ0n) is 14.7. The van der Waals surface area contributed by atoms with E-state index in [-0.39, 0.29) is 0 Å². The van der Waals surface area contributed by atoms with E-state index < -0.39 is 0 Å². The first-order valence-electron chi connectivity index (χ1n) is 9.41. The zero-order chi connectivity index (χ0) is 15.6. The van der Waals surface area contributed by atoms with Crippen LogP contribution in [-0.2, 0) is 0 Å². The second-order valence-electron chi connectivity index (χ2n) is 6.46. The fourth-order valence-electron chi connectivity index (χ4n) is 2.81. The van der Waals surface area contributed by atoms with E-state index in [9.17, 15) is 0 Å². The lowest BCUT2D eigenvalue weighted by Gasteiger charge is -2.05. The van der Waals surface area contributed by atoms with Gasteiger partial charge in [0.15, 0.2) is 0 Å². The summed E-state index contributed by atoms with van der Waals surface area (Å²) in [6.07, 6.45) is 20.9. The number of rotatable bonds is 16. The van der Waals surface area contributed by atoms with Crippen LogP contribution in [0.25, 0.3) is 0 Å². The molecule has 126 valence electrons. The van der Waals surface area contributed by atoms with Crippen molar-refractivity contribution in [3.05, 3.63) is 0 Å². The molecule has 2 N–H and O–H groups in total. The van der Waals surface area contributed by atoms with E-state index in [4.69, 9.17) is 5.84 Å². The molecule has 0 heterocycles. The van der Waals surface area contributed by atoms with E-state index in [1.165, 1.54) is 89.9 Å². The molecule has 0 amide bonds. The second kappa shape index (κ2) is 17.5. The van der Waals surface area contributed by atoms with Gasteiger partial charge < -0.3 is 5.84 Å². The first kappa shape index (κ1) is 20.4. The van der Waals surface area contributed by atoms with Gasteiger partial charge in [0.25, 0.3) is 0 Å². The Morgan fingerprint density at radius 3 is 1.43 bits per heavy atom. The Morgan fingerprint density at radius 2 is 1.05 bits per heavy atom. The van der Waals surface area contributed by atoms with E-state index in [0.717, 1.165) is 6.42 Å². The number of hydrogen-bond acceptors (Lipinski definition) is 2. The highest BCUT2D eigenvalue weighted by Crippen LogP contribution is 2.14. The lowest BCUT2D eigenvalue weighted by atomic mass is 10.0. The summed E-state index contributed by atoms with van der Waals surface area (Å²) in [6.45, 7) is 4.37. The van der Waals surface area contributed by atoms with Crippen LogP contribution in [0.2, 0.25) is 0 Å². The van der Waals surface area contributed by atoms with Crippen LogP contribution in [0.4, 0.5) is 0 Å². The highest BCUT2D eigenvalue weighted by atomic mass is 15.3. The monoisotopic (exact) mass is 297 g/mol. The summed E-state index contributed by atoms with van der Waals surface area (Å²) in [7, 11) is 0. The Kier molecular flexibility index (Phi) is 17.0. The summed E-state index contributed by atoms with van der Waals surface area (Å²) in [5.41, 5.74) is 0. The molecule has 1 atom stereocenters. The molecule has 0 aromatic rings. The molecule has 1 unspecified atom stereocenters. The van der Waals surface area contributed by atoms with Crippen LogP contribution in [0.15, 0.2) is 10.3 Å². The average molecular weight is 298 g/mol. The van der Waals surface area contributed by atoms with Crippen molar-refractivity contribution in [1.82, 2.24) is 0 Å². The summed E-state index contributed by atoms with van der Waals surface area (Å²) in [5.74, 6) is 5.04. The van der Waals surface area contributed by atoms with Gasteiger partial charge in [0.05, 0.1) is 6.04 Å². The summed E-state index contributed by atoms with van der Waals surface area (Å²) >= 11 is 0. The molecule has 0 spiro atoms. The largest absolute Gasteiger partial charge is 0.305 e. The van der Waals surface area contributed by atoms with Crippen LogP contribution in [-0.4, -0.2) is 6.04 Å². The molecule has 0 aliphatic carbocycles. The molecule has 0 aromatic carbocycles. The highest BCUT2D eigenvalue weighted by Gasteiger charge is 1.99. The number of unbranched alkanes of at least 4 members (excludes halogenated alkanes) is 13. The van der Waals surface area contributed by atoms with Crippen molar-refractivity contribution in [2.45, 2.75) is 116 Å². The van der Waals surface area contributed by atoms with Gasteiger partial charge in [-0.05, 0) is 13.3 Å². The molecule has 0 saturated heterocycles. The van der Waals surface area contributed by atoms with Crippen LogP contribution in [0, 0.1) is 0 Å². The number of nitrogens with two attached hydrogens (primary N) is 1. The Morgan fingerprint density at radius 1 is 0.667 bits per heavy atom. The lowest BCUT2D eigenvalue weighted by molar-refractivity contribution is 0.519. The van der Waals surface area contributed by atoms with E-state index in [1.54, 1.807) is 0 Å². The molecule has 0 saturated carbocycles. The van der Waals surface area contributed by atoms with Crippen molar-refractivity contribution in [3.8, 4) is 0 Å². The van der Waals surface area contributed by atoms with Gasteiger partial charge in [-0.25, -0.2) is 0 Å². The Bertz CT molecular complexity index is 217. The predicted octanol–water partition coefficient (Wildman–Crippen LogP) is 6.57. The molecule has 0 fully saturated rings. The van der Waals surface area contributed by atoms with Gasteiger partial charge >= 0.3 is 0 Å². The van der Waals surface area contributed by atoms with Crippen LogP contribution >= 0.6 is 0 Å². The Hall–Kier alpha value is -0.600. The SMILES string of the molecule is CCCCCCCCCCCCCCCCC(C)N=NN. The van der Waals surface area contributed by atoms with E-state index >= 15 is 0 Å². The zero-order valence-corrected chi connectivity index (χ0v) is 14.7. The summed E-state index contributed by atoms with van der Waals surface area (Å²) in [5, 5.41) is 7.27. The van der Waals surface area contributed by atoms with Gasteiger partial charge in [-0.2, -0.15) is 5.11 Å². The highest BCUT2D eigenvalue weighted by molar-refractivity contribution is 4.57. The van der Waals surface area contributed by atoms with Crippen molar-refractivity contribution >= 4 is 0 Å². The van der Waals surface area contributed by atoms with Crippen molar-refractivity contribution in [2.75, 3.05) is 0 Å². The minimum absolute atomic E-state index is 0.298. The van der Waals surface area contributed by atoms with Gasteiger partial charge in [0.2, 0.25) is 0 Å². The fourth-order valence-corrected chi connectivity index (χ4v) is 2.81. The average Bonchev–Trinajstić information content (AvgIpc) is 2.48. The first-order valence-corrected chi connectivity index (χ1v) is 9.41. The van der Waals surface area contributed by atoms with Crippen molar-refractivity contribution in [3.63, 3.8) is 0 Å². The molecule has 0 aromatic heterocycles. The molecular formula is C18H39N3. The van der Waals surface area contributed by atoms with E-state index in [1.807, 2.05) is 0 Å². The molecule has 0 aliphatic rings. The van der Waals surface area contributed by atoms with Crippen LogP contribution in [0.5, 0.6) is 0 Å². The van der Waals surface area contributed by atoms with Crippen LogP contribution < -0.4 is 5.84 Å². The van der Waals surface area contributed by atoms with Gasteiger partial charge in [-0.15, -0.1) is 0 Å². The molecule has 3 nitrogen and oxygen atoms in total. The van der Waals surface area contributed by atoms with Crippen molar-refractivity contribution in [1.29, 1.82) is 0 Å².